The van der Waals surface area contributed by atoms with E-state index >= 15 is 0 Å². The maximum atomic E-state index is 3.53. The smallest absolute Gasteiger partial charge is 0.0406 e. The Hall–Kier alpha value is -4.26. The molecule has 0 N–H and O–H groups in total. The average Bonchev–Trinajstić information content (AvgIpc) is 2.90. The highest BCUT2D eigenvalue weighted by Gasteiger charge is 2.14. The molecule has 0 saturated heterocycles. The van der Waals surface area contributed by atoms with Crippen LogP contribution >= 0.6 is 0 Å². The summed E-state index contributed by atoms with van der Waals surface area (Å²) in [5, 5.41) is 4.55. The van der Waals surface area contributed by atoms with Crippen molar-refractivity contribution in [3.8, 4) is 23.7 Å². The first kappa shape index (κ1) is 25.4. The van der Waals surface area contributed by atoms with E-state index in [1.54, 1.807) is 0 Å². The van der Waals surface area contributed by atoms with E-state index in [0.717, 1.165) is 43.8 Å². The molecule has 0 aliphatic heterocycles. The second-order valence-electron chi connectivity index (χ2n) is 12.0. The third-order valence-electron chi connectivity index (χ3n) is 7.10. The van der Waals surface area contributed by atoms with Crippen molar-refractivity contribution in [2.24, 2.45) is 0 Å². The Kier molecular flexibility index (Phi) is 6.61. The Morgan fingerprint density at radius 1 is 0.368 bits per heavy atom. The Bertz CT molecular complexity index is 1550. The fraction of sp³-hybridized carbons (Fsp3) is 0.211. The summed E-state index contributed by atoms with van der Waals surface area (Å²) >= 11 is 0. The van der Waals surface area contributed by atoms with Gasteiger partial charge in [-0.15, -0.1) is 0 Å². The van der Waals surface area contributed by atoms with Gasteiger partial charge in [-0.3, -0.25) is 0 Å². The average molecular weight is 491 g/mol. The van der Waals surface area contributed by atoms with Crippen LogP contribution in [0.3, 0.4) is 0 Å². The van der Waals surface area contributed by atoms with Gasteiger partial charge < -0.3 is 0 Å². The van der Waals surface area contributed by atoms with Crippen LogP contribution in [0.4, 0.5) is 0 Å². The molecule has 38 heavy (non-hydrogen) atoms. The van der Waals surface area contributed by atoms with E-state index in [-0.39, 0.29) is 10.8 Å². The molecule has 0 aliphatic rings. The van der Waals surface area contributed by atoms with Crippen LogP contribution in [0.25, 0.3) is 21.5 Å². The van der Waals surface area contributed by atoms with Crippen LogP contribution < -0.4 is 0 Å². The van der Waals surface area contributed by atoms with Crippen LogP contribution in [0.5, 0.6) is 0 Å². The SMILES string of the molecule is CC(C)(C)c1ccc(C#Cc2c3ccccc3c(C#Cc3ccc(C(C)(C)C)cc3)c3ccccc23)cc1. The van der Waals surface area contributed by atoms with E-state index in [2.05, 4.69) is 162 Å². The first-order valence-corrected chi connectivity index (χ1v) is 13.3. The minimum atomic E-state index is 0.129. The molecule has 186 valence electrons. The lowest BCUT2D eigenvalue weighted by Crippen LogP contribution is -2.10. The van der Waals surface area contributed by atoms with E-state index in [0.29, 0.717) is 0 Å². The molecule has 0 nitrogen and oxygen atoms in total. The lowest BCUT2D eigenvalue weighted by Gasteiger charge is -2.18. The molecule has 0 fully saturated rings. The quantitative estimate of drug-likeness (QED) is 0.150. The molecule has 0 atom stereocenters. The van der Waals surface area contributed by atoms with Crippen molar-refractivity contribution in [1.29, 1.82) is 0 Å². The Balaban J connectivity index is 1.63. The molecule has 0 saturated carbocycles. The summed E-state index contributed by atoms with van der Waals surface area (Å²) in [7, 11) is 0. The third kappa shape index (κ3) is 5.23. The number of hydrogen-bond donors (Lipinski definition) is 0. The zero-order valence-electron chi connectivity index (χ0n) is 23.2. The summed E-state index contributed by atoms with van der Waals surface area (Å²) in [5.74, 6) is 13.9. The summed E-state index contributed by atoms with van der Waals surface area (Å²) in [4.78, 5) is 0. The van der Waals surface area contributed by atoms with Crippen LogP contribution in [0.2, 0.25) is 0 Å². The molecule has 5 aromatic rings. The van der Waals surface area contributed by atoms with Gasteiger partial charge in [0.1, 0.15) is 0 Å². The third-order valence-corrected chi connectivity index (χ3v) is 7.10. The highest BCUT2D eigenvalue weighted by Crippen LogP contribution is 2.32. The summed E-state index contributed by atoms with van der Waals surface area (Å²) in [5.41, 5.74) is 7.04. The predicted molar refractivity (Wildman–Crippen MR) is 164 cm³/mol. The second-order valence-corrected chi connectivity index (χ2v) is 12.0. The minimum absolute atomic E-state index is 0.129. The topological polar surface area (TPSA) is 0 Å². The number of rotatable bonds is 0. The molecular weight excluding hydrogens is 456 g/mol. The maximum absolute atomic E-state index is 3.53. The van der Waals surface area contributed by atoms with E-state index in [1.807, 2.05) is 0 Å². The van der Waals surface area contributed by atoms with E-state index in [1.165, 1.54) is 11.1 Å². The van der Waals surface area contributed by atoms with Crippen molar-refractivity contribution in [2.45, 2.75) is 52.4 Å². The molecule has 0 aliphatic carbocycles. The zero-order chi connectivity index (χ0) is 26.9. The molecule has 5 aromatic carbocycles. The van der Waals surface area contributed by atoms with Crippen molar-refractivity contribution < 1.29 is 0 Å². The van der Waals surface area contributed by atoms with Crippen LogP contribution in [0.1, 0.15) is 74.9 Å². The summed E-state index contributed by atoms with van der Waals surface area (Å²) in [6, 6.07) is 34.3. The molecule has 0 heteroatoms. The Labute approximate surface area is 227 Å². The van der Waals surface area contributed by atoms with Gasteiger partial charge in [0, 0.05) is 22.3 Å². The molecule has 0 spiro atoms. The fourth-order valence-corrected chi connectivity index (χ4v) is 4.77. The van der Waals surface area contributed by atoms with Crippen molar-refractivity contribution in [1.82, 2.24) is 0 Å². The molecule has 0 bridgehead atoms. The van der Waals surface area contributed by atoms with Crippen molar-refractivity contribution in [3.05, 3.63) is 130 Å². The lowest BCUT2D eigenvalue weighted by molar-refractivity contribution is 0.590. The second kappa shape index (κ2) is 9.89. The monoisotopic (exact) mass is 490 g/mol. The molecule has 0 unspecified atom stereocenters. The Morgan fingerprint density at radius 2 is 0.658 bits per heavy atom. The van der Waals surface area contributed by atoms with Crippen molar-refractivity contribution in [3.63, 3.8) is 0 Å². The minimum Gasteiger partial charge on any atom is -0.0616 e. The summed E-state index contributed by atoms with van der Waals surface area (Å²) in [6.07, 6.45) is 0. The van der Waals surface area contributed by atoms with Gasteiger partial charge in [0.25, 0.3) is 0 Å². The standard InChI is InChI=1S/C38H34/c1-37(2,3)29-21-15-27(16-22-29)19-25-35-31-11-7-9-13-33(31)36(34-14-10-8-12-32(34)35)26-20-28-17-23-30(24-18-28)38(4,5)6/h7-18,21-24H,1-6H3. The molecule has 5 rings (SSSR count). The van der Waals surface area contributed by atoms with Gasteiger partial charge in [0.15, 0.2) is 0 Å². The highest BCUT2D eigenvalue weighted by molar-refractivity contribution is 6.09. The van der Waals surface area contributed by atoms with Crippen molar-refractivity contribution in [2.75, 3.05) is 0 Å². The molecule has 0 amide bonds. The fourth-order valence-electron chi connectivity index (χ4n) is 4.77. The maximum Gasteiger partial charge on any atom is 0.0406 e. The molecule has 0 aromatic heterocycles. The van der Waals surface area contributed by atoms with Crippen LogP contribution in [0.15, 0.2) is 97.1 Å². The Morgan fingerprint density at radius 3 is 0.921 bits per heavy atom. The van der Waals surface area contributed by atoms with Gasteiger partial charge in [-0.25, -0.2) is 0 Å². The lowest BCUT2D eigenvalue weighted by atomic mass is 9.86. The zero-order valence-corrected chi connectivity index (χ0v) is 23.2. The molecule has 0 radical (unpaired) electrons. The predicted octanol–water partition coefficient (Wildman–Crippen LogP) is 9.39. The molecule has 0 heterocycles. The highest BCUT2D eigenvalue weighted by atomic mass is 14.2. The number of benzene rings is 5. The molecular formula is C38H34. The summed E-state index contributed by atoms with van der Waals surface area (Å²) < 4.78 is 0. The first-order valence-electron chi connectivity index (χ1n) is 13.3. The van der Waals surface area contributed by atoms with E-state index < -0.39 is 0 Å². The van der Waals surface area contributed by atoms with Gasteiger partial charge in [-0.2, -0.15) is 0 Å². The summed E-state index contributed by atoms with van der Waals surface area (Å²) in [6.45, 7) is 13.4. The normalized spacial score (nSPS) is 11.5. The van der Waals surface area contributed by atoms with Crippen LogP contribution in [-0.2, 0) is 10.8 Å². The van der Waals surface area contributed by atoms with Crippen molar-refractivity contribution >= 4 is 21.5 Å². The van der Waals surface area contributed by atoms with E-state index in [4.69, 9.17) is 0 Å². The van der Waals surface area contributed by atoms with Gasteiger partial charge in [-0.1, -0.05) is 138 Å². The van der Waals surface area contributed by atoms with Gasteiger partial charge >= 0.3 is 0 Å². The van der Waals surface area contributed by atoms with Crippen LogP contribution in [0, 0.1) is 23.7 Å². The number of fused-ring (bicyclic) bond motifs is 2. The van der Waals surface area contributed by atoms with Crippen LogP contribution in [-0.4, -0.2) is 0 Å². The number of hydrogen-bond acceptors (Lipinski definition) is 0. The van der Waals surface area contributed by atoms with E-state index in [9.17, 15) is 0 Å². The van der Waals surface area contributed by atoms with Gasteiger partial charge in [0.05, 0.1) is 0 Å². The first-order chi connectivity index (χ1) is 18.1. The van der Waals surface area contributed by atoms with Gasteiger partial charge in [0.2, 0.25) is 0 Å². The van der Waals surface area contributed by atoms with Gasteiger partial charge in [-0.05, 0) is 67.8 Å². The largest absolute Gasteiger partial charge is 0.0616 e.